The van der Waals surface area contributed by atoms with E-state index in [0.717, 1.165) is 13.0 Å². The summed E-state index contributed by atoms with van der Waals surface area (Å²) >= 11 is 0. The van der Waals surface area contributed by atoms with Gasteiger partial charge in [-0.25, -0.2) is 4.98 Å². The van der Waals surface area contributed by atoms with Gasteiger partial charge in [-0.15, -0.1) is 0 Å². The highest BCUT2D eigenvalue weighted by atomic mass is 16.5. The fourth-order valence-electron chi connectivity index (χ4n) is 3.83. The lowest BCUT2D eigenvalue weighted by Crippen LogP contribution is -2.40. The number of hydrogen-bond donors (Lipinski definition) is 3. The van der Waals surface area contributed by atoms with Crippen LogP contribution in [-0.2, 0) is 4.74 Å². The molecule has 0 radical (unpaired) electrons. The highest BCUT2D eigenvalue weighted by Crippen LogP contribution is 2.45. The van der Waals surface area contributed by atoms with Gasteiger partial charge in [0, 0.05) is 18.3 Å². The minimum absolute atomic E-state index is 0.0831. The van der Waals surface area contributed by atoms with E-state index < -0.39 is 12.1 Å². The molecule has 1 aromatic heterocycles. The predicted octanol–water partition coefficient (Wildman–Crippen LogP) is 2.83. The third kappa shape index (κ3) is 4.83. The lowest BCUT2D eigenvalue weighted by atomic mass is 9.97. The lowest BCUT2D eigenvalue weighted by molar-refractivity contribution is 0.0578. The van der Waals surface area contributed by atoms with Crippen molar-refractivity contribution in [2.24, 2.45) is 22.8 Å². The second-order valence-corrected chi connectivity index (χ2v) is 9.25. The summed E-state index contributed by atoms with van der Waals surface area (Å²) < 4.78 is 5.66. The van der Waals surface area contributed by atoms with Gasteiger partial charge in [0.2, 0.25) is 0 Å². The quantitative estimate of drug-likeness (QED) is 0.592. The Labute approximate surface area is 167 Å². The van der Waals surface area contributed by atoms with Crippen LogP contribution in [0.5, 0.6) is 0 Å². The number of nitrogens with two attached hydrogens (primary N) is 2. The Morgan fingerprint density at radius 1 is 1.43 bits per heavy atom. The molecule has 1 saturated carbocycles. The zero-order valence-corrected chi connectivity index (χ0v) is 17.4. The highest BCUT2D eigenvalue weighted by Gasteiger charge is 2.39. The monoisotopic (exact) mass is 387 g/mol. The molecule has 28 heavy (non-hydrogen) atoms. The summed E-state index contributed by atoms with van der Waals surface area (Å²) in [6, 6.07) is 3.47. The van der Waals surface area contributed by atoms with Gasteiger partial charge in [0.25, 0.3) is 5.91 Å². The Kier molecular flexibility index (Phi) is 5.68. The van der Waals surface area contributed by atoms with E-state index in [1.165, 1.54) is 12.8 Å². The average molecular weight is 388 g/mol. The van der Waals surface area contributed by atoms with Crippen molar-refractivity contribution in [3.8, 4) is 0 Å². The molecule has 7 heteroatoms. The standard InChI is InChI=1S/C21H33N5O2/c1-14-11-20(2,3)26(12-14)19-15(18(23)27)5-6-17(25-19)24-10-7-16(22)28-13-21(4)8-9-21/h5-7,10,14,16H,8-9,11-13,22H2,1-4H3,(H2,23,27)(H,24,25)/b10-7-/t14-,16?/m0/s1. The number of hydrogen-bond acceptors (Lipinski definition) is 6. The molecule has 0 bridgehead atoms. The van der Waals surface area contributed by atoms with Crippen molar-refractivity contribution in [1.82, 2.24) is 4.98 Å². The van der Waals surface area contributed by atoms with Crippen LogP contribution in [-0.4, -0.2) is 35.8 Å². The Morgan fingerprint density at radius 3 is 2.71 bits per heavy atom. The summed E-state index contributed by atoms with van der Waals surface area (Å²) in [4.78, 5) is 18.8. The largest absolute Gasteiger partial charge is 0.365 e. The number of amides is 1. The molecule has 3 rings (SSSR count). The summed E-state index contributed by atoms with van der Waals surface area (Å²) in [5.41, 5.74) is 12.2. The molecule has 0 aromatic carbocycles. The summed E-state index contributed by atoms with van der Waals surface area (Å²) in [5, 5.41) is 3.13. The van der Waals surface area contributed by atoms with Gasteiger partial charge in [0.05, 0.1) is 12.2 Å². The second kappa shape index (κ2) is 7.72. The maximum absolute atomic E-state index is 11.9. The molecule has 1 aliphatic heterocycles. The van der Waals surface area contributed by atoms with Crippen LogP contribution >= 0.6 is 0 Å². The van der Waals surface area contributed by atoms with Gasteiger partial charge in [-0.05, 0) is 62.7 Å². The van der Waals surface area contributed by atoms with Crippen molar-refractivity contribution >= 4 is 17.5 Å². The number of carbonyl (C=O) groups is 1. The topological polar surface area (TPSA) is 106 Å². The minimum atomic E-state index is -0.469. The number of ether oxygens (including phenoxy) is 1. The molecular formula is C21H33N5O2. The molecule has 2 heterocycles. The molecule has 154 valence electrons. The van der Waals surface area contributed by atoms with Crippen molar-refractivity contribution in [2.75, 3.05) is 23.4 Å². The molecule has 5 N–H and O–H groups in total. The van der Waals surface area contributed by atoms with Gasteiger partial charge in [-0.3, -0.25) is 4.79 Å². The molecule has 7 nitrogen and oxygen atoms in total. The van der Waals surface area contributed by atoms with E-state index in [2.05, 4.69) is 42.9 Å². The molecular weight excluding hydrogens is 354 g/mol. The fourth-order valence-corrected chi connectivity index (χ4v) is 3.83. The van der Waals surface area contributed by atoms with E-state index in [-0.39, 0.29) is 5.54 Å². The van der Waals surface area contributed by atoms with Crippen molar-refractivity contribution in [1.29, 1.82) is 0 Å². The normalized spacial score (nSPS) is 23.8. The Bertz CT molecular complexity index is 757. The summed E-state index contributed by atoms with van der Waals surface area (Å²) in [7, 11) is 0. The summed E-state index contributed by atoms with van der Waals surface area (Å²) in [6.45, 7) is 10.3. The predicted molar refractivity (Wildman–Crippen MR) is 112 cm³/mol. The molecule has 2 fully saturated rings. The number of nitrogens with zero attached hydrogens (tertiary/aromatic N) is 2. The van der Waals surface area contributed by atoms with Crippen molar-refractivity contribution in [3.05, 3.63) is 30.0 Å². The molecule has 1 aromatic rings. The number of anilines is 2. The van der Waals surface area contributed by atoms with Crippen LogP contribution in [0.3, 0.4) is 0 Å². The highest BCUT2D eigenvalue weighted by molar-refractivity contribution is 5.98. The summed E-state index contributed by atoms with van der Waals surface area (Å²) in [5.74, 6) is 1.32. The SMILES string of the molecule is C[C@@H]1CN(c2nc(N/C=C\C(N)OCC3(C)CC3)ccc2C(N)=O)C(C)(C)C1. The number of pyridine rings is 1. The van der Waals surface area contributed by atoms with Gasteiger partial charge < -0.3 is 26.4 Å². The molecule has 1 saturated heterocycles. The first kappa shape index (κ1) is 20.6. The number of primary amides is 1. The molecule has 1 amide bonds. The van der Waals surface area contributed by atoms with E-state index in [4.69, 9.17) is 16.2 Å². The van der Waals surface area contributed by atoms with Crippen LogP contribution in [0.15, 0.2) is 24.4 Å². The van der Waals surface area contributed by atoms with Crippen LogP contribution < -0.4 is 21.7 Å². The Hall–Kier alpha value is -2.12. The number of aromatic nitrogens is 1. The fraction of sp³-hybridized carbons (Fsp3) is 0.619. The van der Waals surface area contributed by atoms with Crippen LogP contribution in [0.1, 0.15) is 57.3 Å². The van der Waals surface area contributed by atoms with Gasteiger partial charge in [-0.2, -0.15) is 0 Å². The number of carbonyl (C=O) groups excluding carboxylic acids is 1. The summed E-state index contributed by atoms with van der Waals surface area (Å²) in [6.07, 6.45) is 6.46. The van der Waals surface area contributed by atoms with Gasteiger partial charge in [-0.1, -0.05) is 13.8 Å². The Balaban J connectivity index is 1.70. The Morgan fingerprint density at radius 2 is 2.14 bits per heavy atom. The first-order valence-corrected chi connectivity index (χ1v) is 9.99. The minimum Gasteiger partial charge on any atom is -0.365 e. The maximum atomic E-state index is 11.9. The smallest absolute Gasteiger partial charge is 0.252 e. The first-order chi connectivity index (χ1) is 13.1. The van der Waals surface area contributed by atoms with Gasteiger partial charge in [0.1, 0.15) is 17.9 Å². The second-order valence-electron chi connectivity index (χ2n) is 9.25. The first-order valence-electron chi connectivity index (χ1n) is 9.99. The van der Waals surface area contributed by atoms with E-state index in [0.29, 0.717) is 35.1 Å². The van der Waals surface area contributed by atoms with Crippen LogP contribution in [0, 0.1) is 11.3 Å². The van der Waals surface area contributed by atoms with E-state index in [9.17, 15) is 4.79 Å². The van der Waals surface area contributed by atoms with Crippen molar-refractivity contribution < 1.29 is 9.53 Å². The van der Waals surface area contributed by atoms with Crippen LogP contribution in [0.4, 0.5) is 11.6 Å². The zero-order chi connectivity index (χ0) is 20.5. The average Bonchev–Trinajstić information content (AvgIpc) is 3.27. The molecule has 1 unspecified atom stereocenters. The lowest BCUT2D eigenvalue weighted by Gasteiger charge is -2.33. The maximum Gasteiger partial charge on any atom is 0.252 e. The molecule has 1 aliphatic carbocycles. The van der Waals surface area contributed by atoms with Crippen molar-refractivity contribution in [2.45, 2.75) is 58.7 Å². The molecule has 2 aliphatic rings. The van der Waals surface area contributed by atoms with Gasteiger partial charge >= 0.3 is 0 Å². The van der Waals surface area contributed by atoms with Crippen LogP contribution in [0.2, 0.25) is 0 Å². The third-order valence-corrected chi connectivity index (χ3v) is 5.71. The number of rotatable bonds is 8. The zero-order valence-electron chi connectivity index (χ0n) is 17.4. The molecule has 2 atom stereocenters. The third-order valence-electron chi connectivity index (χ3n) is 5.71. The van der Waals surface area contributed by atoms with Crippen LogP contribution in [0.25, 0.3) is 0 Å². The van der Waals surface area contributed by atoms with Gasteiger partial charge in [0.15, 0.2) is 0 Å². The van der Waals surface area contributed by atoms with E-state index in [1.807, 2.05) is 0 Å². The van der Waals surface area contributed by atoms with Crippen molar-refractivity contribution in [3.63, 3.8) is 0 Å². The van der Waals surface area contributed by atoms with E-state index >= 15 is 0 Å². The number of nitrogens with one attached hydrogen (secondary N) is 1. The van der Waals surface area contributed by atoms with E-state index in [1.54, 1.807) is 24.4 Å². The molecule has 0 spiro atoms.